The van der Waals surface area contributed by atoms with Crippen molar-refractivity contribution in [2.45, 2.75) is 39.7 Å². The maximum atomic E-state index is 11.0. The molecule has 0 unspecified atom stereocenters. The van der Waals surface area contributed by atoms with Crippen molar-refractivity contribution in [1.82, 2.24) is 4.90 Å². The molecular weight excluding hydrogens is 318 g/mol. The fourth-order valence-corrected chi connectivity index (χ4v) is 2.30. The summed E-state index contributed by atoms with van der Waals surface area (Å²) >= 11 is 3.43. The number of carboxylic acid groups (broad SMARTS) is 1. The third-order valence-corrected chi connectivity index (χ3v) is 4.06. The Bertz CT molecular complexity index is 429. The molecule has 0 amide bonds. The van der Waals surface area contributed by atoms with E-state index in [1.807, 2.05) is 0 Å². The van der Waals surface area contributed by atoms with Crippen LogP contribution in [0.4, 0.5) is 0 Å². The highest BCUT2D eigenvalue weighted by molar-refractivity contribution is 9.10. The molecule has 0 aromatic heterocycles. The predicted molar refractivity (Wildman–Crippen MR) is 85.7 cm³/mol. The van der Waals surface area contributed by atoms with Crippen LogP contribution in [0.1, 0.15) is 38.7 Å². The fourth-order valence-electron chi connectivity index (χ4n) is 2.04. The van der Waals surface area contributed by atoms with Gasteiger partial charge in [-0.25, -0.2) is 0 Å². The van der Waals surface area contributed by atoms with Crippen molar-refractivity contribution in [2.24, 2.45) is 5.41 Å². The minimum Gasteiger partial charge on any atom is -0.481 e. The quantitative estimate of drug-likeness (QED) is 0.721. The van der Waals surface area contributed by atoms with Gasteiger partial charge >= 0.3 is 5.97 Å². The molecule has 0 aliphatic heterocycles. The highest BCUT2D eigenvalue weighted by Gasteiger charge is 2.25. The van der Waals surface area contributed by atoms with Crippen LogP contribution < -0.4 is 0 Å². The van der Waals surface area contributed by atoms with Crippen LogP contribution in [0, 0.1) is 5.41 Å². The molecule has 0 aliphatic rings. The van der Waals surface area contributed by atoms with Crippen molar-refractivity contribution in [3.63, 3.8) is 0 Å². The minimum absolute atomic E-state index is 0.607. The Labute approximate surface area is 130 Å². The van der Waals surface area contributed by atoms with E-state index in [0.717, 1.165) is 36.8 Å². The summed E-state index contributed by atoms with van der Waals surface area (Å²) in [6, 6.07) is 8.35. The molecule has 4 heteroatoms. The first-order chi connectivity index (χ1) is 9.31. The van der Waals surface area contributed by atoms with E-state index in [9.17, 15) is 4.79 Å². The van der Waals surface area contributed by atoms with Crippen LogP contribution in [0.25, 0.3) is 0 Å². The molecule has 0 radical (unpaired) electrons. The zero-order chi connectivity index (χ0) is 15.2. The summed E-state index contributed by atoms with van der Waals surface area (Å²) in [5, 5.41) is 9.05. The van der Waals surface area contributed by atoms with Gasteiger partial charge in [-0.05, 0) is 58.0 Å². The van der Waals surface area contributed by atoms with E-state index >= 15 is 0 Å². The van der Waals surface area contributed by atoms with Gasteiger partial charge in [0.1, 0.15) is 0 Å². The van der Waals surface area contributed by atoms with E-state index in [2.05, 4.69) is 52.1 Å². The maximum absolute atomic E-state index is 11.0. The Morgan fingerprint density at radius 2 is 1.85 bits per heavy atom. The average molecular weight is 342 g/mol. The van der Waals surface area contributed by atoms with E-state index in [4.69, 9.17) is 5.11 Å². The van der Waals surface area contributed by atoms with Gasteiger partial charge in [-0.3, -0.25) is 4.79 Å². The number of aliphatic carboxylic acids is 1. The third-order valence-electron chi connectivity index (χ3n) is 3.54. The number of carbonyl (C=O) groups is 1. The number of carboxylic acids is 1. The summed E-state index contributed by atoms with van der Waals surface area (Å²) in [5.74, 6) is -0.708. The molecule has 0 atom stereocenters. The second-order valence-electron chi connectivity index (χ2n) is 6.01. The van der Waals surface area contributed by atoms with Crippen molar-refractivity contribution in [3.8, 4) is 0 Å². The van der Waals surface area contributed by atoms with Crippen LogP contribution in [0.15, 0.2) is 28.7 Å². The number of unbranched alkanes of at least 4 members (excludes halogenated alkanes) is 1. The summed E-state index contributed by atoms with van der Waals surface area (Å²) in [7, 11) is 2.10. The second kappa shape index (κ2) is 7.79. The van der Waals surface area contributed by atoms with E-state index < -0.39 is 11.4 Å². The molecule has 0 heterocycles. The summed E-state index contributed by atoms with van der Waals surface area (Å²) < 4.78 is 1.10. The molecule has 0 fully saturated rings. The van der Waals surface area contributed by atoms with Crippen molar-refractivity contribution in [1.29, 1.82) is 0 Å². The second-order valence-corrected chi connectivity index (χ2v) is 6.93. The van der Waals surface area contributed by atoms with Crippen LogP contribution >= 0.6 is 15.9 Å². The van der Waals surface area contributed by atoms with Crippen molar-refractivity contribution in [3.05, 3.63) is 34.3 Å². The van der Waals surface area contributed by atoms with E-state index in [-0.39, 0.29) is 0 Å². The number of benzene rings is 1. The normalized spacial score (nSPS) is 11.8. The van der Waals surface area contributed by atoms with Gasteiger partial charge < -0.3 is 10.0 Å². The molecule has 1 aromatic carbocycles. The number of rotatable bonds is 8. The molecule has 0 spiro atoms. The Morgan fingerprint density at radius 3 is 2.40 bits per heavy atom. The smallest absolute Gasteiger partial charge is 0.309 e. The van der Waals surface area contributed by atoms with Gasteiger partial charge in [0.2, 0.25) is 0 Å². The number of hydrogen-bond donors (Lipinski definition) is 1. The lowest BCUT2D eigenvalue weighted by molar-refractivity contribution is -0.147. The first-order valence-electron chi connectivity index (χ1n) is 6.97. The van der Waals surface area contributed by atoms with Gasteiger partial charge in [-0.15, -0.1) is 0 Å². The molecular formula is C16H24BrNO2. The van der Waals surface area contributed by atoms with Crippen LogP contribution in [0.5, 0.6) is 0 Å². The summed E-state index contributed by atoms with van der Waals surface area (Å²) in [5.41, 5.74) is 0.686. The van der Waals surface area contributed by atoms with Gasteiger partial charge in [0.05, 0.1) is 5.41 Å². The minimum atomic E-state index is -0.708. The van der Waals surface area contributed by atoms with Gasteiger partial charge in [0.15, 0.2) is 0 Å². The number of hydrogen-bond acceptors (Lipinski definition) is 2. The molecule has 1 aromatic rings. The van der Waals surface area contributed by atoms with Crippen molar-refractivity contribution < 1.29 is 9.90 Å². The third kappa shape index (κ3) is 6.06. The van der Waals surface area contributed by atoms with Crippen LogP contribution in [-0.4, -0.2) is 29.6 Å². The first-order valence-corrected chi connectivity index (χ1v) is 7.77. The monoisotopic (exact) mass is 341 g/mol. The lowest BCUT2D eigenvalue weighted by Crippen LogP contribution is -2.24. The molecule has 0 saturated heterocycles. The van der Waals surface area contributed by atoms with Gasteiger partial charge in [-0.2, -0.15) is 0 Å². The van der Waals surface area contributed by atoms with E-state index in [0.29, 0.717) is 0 Å². The standard InChI is InChI=1S/C16H24BrNO2/c1-16(2,15(19)20)10-4-5-11-18(3)12-13-6-8-14(17)9-7-13/h6-9H,4-5,10-12H2,1-3H3,(H,19,20). The molecule has 0 bridgehead atoms. The molecule has 0 aliphatic carbocycles. The Balaban J connectivity index is 2.25. The molecule has 1 rings (SSSR count). The Hall–Kier alpha value is -0.870. The van der Waals surface area contributed by atoms with E-state index in [1.54, 1.807) is 13.8 Å². The Kier molecular flexibility index (Phi) is 6.69. The average Bonchev–Trinajstić information content (AvgIpc) is 2.37. The zero-order valence-electron chi connectivity index (χ0n) is 12.5. The van der Waals surface area contributed by atoms with Crippen LogP contribution in [-0.2, 0) is 11.3 Å². The summed E-state index contributed by atoms with van der Waals surface area (Å²) in [6.07, 6.45) is 2.71. The van der Waals surface area contributed by atoms with Crippen LogP contribution in [0.2, 0.25) is 0 Å². The zero-order valence-corrected chi connectivity index (χ0v) is 14.1. The van der Waals surface area contributed by atoms with Gasteiger partial charge in [0, 0.05) is 11.0 Å². The van der Waals surface area contributed by atoms with Crippen molar-refractivity contribution in [2.75, 3.05) is 13.6 Å². The topological polar surface area (TPSA) is 40.5 Å². The highest BCUT2D eigenvalue weighted by atomic mass is 79.9. The van der Waals surface area contributed by atoms with Crippen LogP contribution in [0.3, 0.4) is 0 Å². The largest absolute Gasteiger partial charge is 0.481 e. The van der Waals surface area contributed by atoms with Crippen molar-refractivity contribution >= 4 is 21.9 Å². The highest BCUT2D eigenvalue weighted by Crippen LogP contribution is 2.23. The molecule has 1 N–H and O–H groups in total. The molecule has 112 valence electrons. The van der Waals surface area contributed by atoms with E-state index in [1.165, 1.54) is 5.56 Å². The summed E-state index contributed by atoms with van der Waals surface area (Å²) in [6.45, 7) is 5.50. The Morgan fingerprint density at radius 1 is 1.25 bits per heavy atom. The lowest BCUT2D eigenvalue weighted by Gasteiger charge is -2.20. The first kappa shape index (κ1) is 17.2. The predicted octanol–water partition coefficient (Wildman–Crippen LogP) is 4.16. The molecule has 20 heavy (non-hydrogen) atoms. The van der Waals surface area contributed by atoms with Gasteiger partial charge in [0.25, 0.3) is 0 Å². The fraction of sp³-hybridized carbons (Fsp3) is 0.562. The lowest BCUT2D eigenvalue weighted by atomic mass is 9.87. The van der Waals surface area contributed by atoms with Gasteiger partial charge in [-0.1, -0.05) is 34.5 Å². The number of nitrogens with zero attached hydrogens (tertiary/aromatic N) is 1. The summed E-state index contributed by atoms with van der Waals surface area (Å²) in [4.78, 5) is 13.3. The number of halogens is 1. The molecule has 3 nitrogen and oxygen atoms in total. The SMILES string of the molecule is CN(CCCCC(C)(C)C(=O)O)Cc1ccc(Br)cc1. The maximum Gasteiger partial charge on any atom is 0.309 e. The molecule has 0 saturated carbocycles.